The van der Waals surface area contributed by atoms with Crippen molar-refractivity contribution in [3.63, 3.8) is 0 Å². The zero-order valence-corrected chi connectivity index (χ0v) is 42.6. The summed E-state index contributed by atoms with van der Waals surface area (Å²) in [4.78, 5) is 147. The number of aromatic hydroxyl groups is 1. The van der Waals surface area contributed by atoms with E-state index in [0.29, 0.717) is 18.4 Å². The minimum atomic E-state index is -1.66. The molecule has 10 amide bonds. The second-order valence-corrected chi connectivity index (χ2v) is 19.5. The van der Waals surface area contributed by atoms with Gasteiger partial charge in [-0.1, -0.05) is 73.9 Å². The molecule has 1 aliphatic rings. The van der Waals surface area contributed by atoms with E-state index in [1.165, 1.54) is 17.0 Å². The zero-order valence-electron chi connectivity index (χ0n) is 42.6. The molecule has 2 rings (SSSR count). The average molecular weight is 1020 g/mol. The number of hydrogen-bond donors (Lipinski definition) is 12. The summed E-state index contributed by atoms with van der Waals surface area (Å²) in [5, 5.41) is 37.5. The average Bonchev–Trinajstić information content (AvgIpc) is 3.80. The Kier molecular flexibility index (Phi) is 25.1. The van der Waals surface area contributed by atoms with E-state index in [2.05, 4.69) is 37.2 Å². The molecule has 1 heterocycles. The molecule has 1 aromatic rings. The van der Waals surface area contributed by atoms with Gasteiger partial charge in [-0.15, -0.1) is 0 Å². The number of carboxylic acids is 1. The van der Waals surface area contributed by atoms with Gasteiger partial charge >= 0.3 is 5.97 Å². The molecule has 0 bridgehead atoms. The Morgan fingerprint density at radius 1 is 0.653 bits per heavy atom. The van der Waals surface area contributed by atoms with Crippen LogP contribution in [-0.4, -0.2) is 142 Å². The van der Waals surface area contributed by atoms with Crippen LogP contribution in [0.1, 0.15) is 112 Å². The number of likely N-dealkylation sites (tertiary alicyclic amines) is 1. The maximum atomic E-state index is 14.4. The van der Waals surface area contributed by atoms with Crippen LogP contribution < -0.4 is 54.4 Å². The lowest BCUT2D eigenvalue weighted by atomic mass is 9.96. The van der Waals surface area contributed by atoms with Crippen LogP contribution in [-0.2, 0) is 59.2 Å². The third kappa shape index (κ3) is 20.1. The third-order valence-corrected chi connectivity index (χ3v) is 12.1. The quantitative estimate of drug-likeness (QED) is 0.0409. The summed E-state index contributed by atoms with van der Waals surface area (Å²) in [5.74, 6) is -11.0. The number of amides is 10. The van der Waals surface area contributed by atoms with E-state index < -0.39 is 132 Å². The monoisotopic (exact) mass is 1020 g/mol. The summed E-state index contributed by atoms with van der Waals surface area (Å²) in [7, 11) is 0. The van der Waals surface area contributed by atoms with E-state index in [0.717, 1.165) is 0 Å². The highest BCUT2D eigenvalue weighted by Gasteiger charge is 2.41. The highest BCUT2D eigenvalue weighted by Crippen LogP contribution is 2.22. The number of primary amides is 2. The number of hydrogen-bond acceptors (Lipinski definition) is 13. The number of benzene rings is 1. The Bertz CT molecular complexity index is 2080. The molecule has 402 valence electrons. The first-order valence-corrected chi connectivity index (χ1v) is 24.4. The van der Waals surface area contributed by atoms with Gasteiger partial charge in [0.2, 0.25) is 59.1 Å². The van der Waals surface area contributed by atoms with Crippen molar-refractivity contribution < 1.29 is 63.0 Å². The molecule has 1 aromatic carbocycles. The Hall–Kier alpha value is -6.85. The number of nitrogens with zero attached hydrogens (tertiary/aromatic N) is 1. The molecule has 0 spiro atoms. The second-order valence-electron chi connectivity index (χ2n) is 19.5. The summed E-state index contributed by atoms with van der Waals surface area (Å²) in [6.45, 7) is 13.4. The number of carboxylic acid groups (broad SMARTS) is 1. The number of nitrogens with two attached hydrogens (primary N) is 3. The molecule has 1 aliphatic heterocycles. The van der Waals surface area contributed by atoms with E-state index >= 15 is 0 Å². The molecule has 72 heavy (non-hydrogen) atoms. The summed E-state index contributed by atoms with van der Waals surface area (Å²) < 4.78 is 0. The van der Waals surface area contributed by atoms with E-state index in [4.69, 9.17) is 17.2 Å². The molecule has 9 atom stereocenters. The van der Waals surface area contributed by atoms with Crippen LogP contribution >= 0.6 is 0 Å². The van der Waals surface area contributed by atoms with Crippen LogP contribution in [0.15, 0.2) is 24.3 Å². The fraction of sp³-hybridized carbons (Fsp3) is 0.646. The zero-order chi connectivity index (χ0) is 54.6. The summed E-state index contributed by atoms with van der Waals surface area (Å²) >= 11 is 0. The van der Waals surface area contributed by atoms with Crippen molar-refractivity contribution in [2.75, 3.05) is 13.1 Å². The van der Waals surface area contributed by atoms with Crippen molar-refractivity contribution in [1.82, 2.24) is 42.1 Å². The SMILES string of the molecule is CC[C@H](C)[C@H](NC(=O)[C@H](CC(C)C)NC(=O)[C@H](CC(N)=O)NC(=O)[C@@H]1CCCN1C(=O)[C@H](Cc1ccc(O)cc1)NC(=O)[C@H](CC(C)C)NC(=O)CN)C(=O)N[C@@H](CCC(N)=O)C(=O)N[C@H](C(=O)O)C(C)C. The molecule has 0 aromatic heterocycles. The number of aliphatic carboxylic acids is 1. The van der Waals surface area contributed by atoms with Gasteiger partial charge in [0.15, 0.2) is 0 Å². The Morgan fingerprint density at radius 2 is 1.17 bits per heavy atom. The number of nitrogens with one attached hydrogen (secondary N) is 7. The van der Waals surface area contributed by atoms with E-state index in [1.807, 2.05) is 13.8 Å². The van der Waals surface area contributed by atoms with Gasteiger partial charge in [0.1, 0.15) is 54.1 Å². The maximum absolute atomic E-state index is 14.4. The van der Waals surface area contributed by atoms with Gasteiger partial charge in [0, 0.05) is 19.4 Å². The predicted molar refractivity (Wildman–Crippen MR) is 262 cm³/mol. The Labute approximate surface area is 420 Å². The summed E-state index contributed by atoms with van der Waals surface area (Å²) in [6, 6.07) is -4.79. The van der Waals surface area contributed by atoms with Crippen LogP contribution in [0.4, 0.5) is 0 Å². The first-order valence-electron chi connectivity index (χ1n) is 24.4. The highest BCUT2D eigenvalue weighted by atomic mass is 16.4. The van der Waals surface area contributed by atoms with Crippen molar-refractivity contribution >= 4 is 65.0 Å². The van der Waals surface area contributed by atoms with Gasteiger partial charge in [-0.3, -0.25) is 47.9 Å². The molecule has 24 heteroatoms. The standard InChI is InChI=1S/C48H77N11O13/c1-9-27(8)40(46(69)53-30(16-17-36(50)61)41(64)57-39(26(6)7)48(71)72)58-44(67)32(20-25(4)5)54-43(66)33(22-37(51)62)55-45(68)35-11-10-18-59(35)47(70)34(21-28-12-14-29(60)15-13-28)56-42(65)31(19-24(2)3)52-38(63)23-49/h12-15,24-27,30-35,39-40,60H,9-11,16-23,49H2,1-8H3,(H2,50,61)(H2,51,62)(H,52,63)(H,53,69)(H,54,66)(H,55,68)(H,56,65)(H,57,64)(H,58,67)(H,71,72)/t27-,30-,31-,32-,33-,34-,35-,39-,40-/m0/s1. The smallest absolute Gasteiger partial charge is 0.326 e. The normalized spacial score (nSPS) is 16.7. The number of carbonyl (C=O) groups excluding carboxylic acids is 10. The first-order chi connectivity index (χ1) is 33.7. The van der Waals surface area contributed by atoms with Gasteiger partial charge in [-0.2, -0.15) is 0 Å². The van der Waals surface area contributed by atoms with Gasteiger partial charge in [-0.25, -0.2) is 4.79 Å². The molecule has 15 N–H and O–H groups in total. The number of phenols is 1. The third-order valence-electron chi connectivity index (χ3n) is 12.1. The minimum absolute atomic E-state index is 0.00789. The van der Waals surface area contributed by atoms with E-state index in [1.54, 1.807) is 53.7 Å². The lowest BCUT2D eigenvalue weighted by Crippen LogP contribution is -2.61. The molecule has 1 saturated heterocycles. The van der Waals surface area contributed by atoms with Crippen molar-refractivity contribution in [1.29, 1.82) is 0 Å². The van der Waals surface area contributed by atoms with Crippen molar-refractivity contribution in [3.8, 4) is 5.75 Å². The van der Waals surface area contributed by atoms with Crippen LogP contribution in [0.2, 0.25) is 0 Å². The fourth-order valence-electron chi connectivity index (χ4n) is 7.99. The molecule has 0 aliphatic carbocycles. The van der Waals surface area contributed by atoms with Gasteiger partial charge < -0.3 is 69.5 Å². The van der Waals surface area contributed by atoms with Gasteiger partial charge in [0.25, 0.3) is 0 Å². The fourth-order valence-corrected chi connectivity index (χ4v) is 7.99. The molecular formula is C48H77N11O13. The Morgan fingerprint density at radius 3 is 1.68 bits per heavy atom. The lowest BCUT2D eigenvalue weighted by molar-refractivity contribution is -0.143. The topological polar surface area (TPSA) is 394 Å². The van der Waals surface area contributed by atoms with Crippen molar-refractivity contribution in [3.05, 3.63) is 29.8 Å². The second kappa shape index (κ2) is 29.5. The number of rotatable bonds is 30. The van der Waals surface area contributed by atoms with Gasteiger partial charge in [-0.05, 0) is 73.5 Å². The number of carbonyl (C=O) groups is 11. The van der Waals surface area contributed by atoms with E-state index in [-0.39, 0.29) is 69.2 Å². The molecule has 0 radical (unpaired) electrons. The number of phenolic OH excluding ortho intramolecular Hbond substituents is 1. The molecule has 0 unspecified atom stereocenters. The van der Waals surface area contributed by atoms with Crippen molar-refractivity contribution in [2.45, 2.75) is 162 Å². The largest absolute Gasteiger partial charge is 0.508 e. The van der Waals surface area contributed by atoms with Crippen LogP contribution in [0, 0.1) is 23.7 Å². The molecule has 0 saturated carbocycles. The van der Waals surface area contributed by atoms with Crippen LogP contribution in [0.25, 0.3) is 0 Å². The minimum Gasteiger partial charge on any atom is -0.508 e. The van der Waals surface area contributed by atoms with E-state index in [9.17, 15) is 63.0 Å². The van der Waals surface area contributed by atoms with Crippen LogP contribution in [0.3, 0.4) is 0 Å². The van der Waals surface area contributed by atoms with Crippen molar-refractivity contribution in [2.24, 2.45) is 40.9 Å². The maximum Gasteiger partial charge on any atom is 0.326 e. The molecule has 1 fully saturated rings. The summed E-state index contributed by atoms with van der Waals surface area (Å²) in [6.07, 6.45) is -0.487. The molecule has 24 nitrogen and oxygen atoms in total. The van der Waals surface area contributed by atoms with Gasteiger partial charge in [0.05, 0.1) is 13.0 Å². The summed E-state index contributed by atoms with van der Waals surface area (Å²) in [5.41, 5.74) is 16.9. The first kappa shape index (κ1) is 61.3. The molecular weight excluding hydrogens is 939 g/mol. The Balaban J connectivity index is 2.42. The lowest BCUT2D eigenvalue weighted by Gasteiger charge is -2.31. The highest BCUT2D eigenvalue weighted by molar-refractivity contribution is 5.99. The van der Waals surface area contributed by atoms with Crippen LogP contribution in [0.5, 0.6) is 5.75 Å². The predicted octanol–water partition coefficient (Wildman–Crippen LogP) is -1.70.